The first-order valence-electron chi connectivity index (χ1n) is 32.4. The number of halogens is 3. The maximum atomic E-state index is 13.0. The molecule has 17 rings (SSSR count). The van der Waals surface area contributed by atoms with Crippen molar-refractivity contribution in [3.05, 3.63) is 170 Å². The van der Waals surface area contributed by atoms with Crippen LogP contribution in [-0.4, -0.2) is 122 Å². The van der Waals surface area contributed by atoms with Crippen LogP contribution in [0.4, 0.5) is 30.2 Å². The van der Waals surface area contributed by atoms with Crippen molar-refractivity contribution in [2.45, 2.75) is 120 Å². The molecule has 0 radical (unpaired) electrons. The lowest BCUT2D eigenvalue weighted by atomic mass is 9.93. The molecule has 0 spiro atoms. The quantitative estimate of drug-likeness (QED) is 0.0565. The maximum absolute atomic E-state index is 13.0. The number of aromatic nitrogens is 15. The zero-order chi connectivity index (χ0) is 68.0. The third kappa shape index (κ3) is 14.8. The molecule has 4 saturated carbocycles. The molecule has 0 aromatic carbocycles. The number of pyridine rings is 2. The lowest BCUT2D eigenvalue weighted by Crippen LogP contribution is -2.21. The number of amides is 3. The number of hydrogen-bond donors (Lipinski definition) is 5. The summed E-state index contributed by atoms with van der Waals surface area (Å²) in [5, 5.41) is 48.2. The normalized spacial score (nSPS) is 16.1. The van der Waals surface area contributed by atoms with Crippen molar-refractivity contribution in [3.63, 3.8) is 0 Å². The van der Waals surface area contributed by atoms with E-state index in [1.54, 1.807) is 67.6 Å². The molecule has 12 aromatic rings. The highest BCUT2D eigenvalue weighted by Crippen LogP contribution is 2.39. The first kappa shape index (κ1) is 65.0. The van der Waals surface area contributed by atoms with Crippen LogP contribution in [0.15, 0.2) is 166 Å². The molecule has 27 nitrogen and oxygen atoms in total. The van der Waals surface area contributed by atoms with Crippen LogP contribution in [0.2, 0.25) is 0 Å². The number of alkyl halides is 3. The van der Waals surface area contributed by atoms with Crippen LogP contribution in [0, 0.1) is 0 Å². The molecule has 508 valence electrons. The zero-order valence-electron chi connectivity index (χ0n) is 52.9. The largest absolute Gasteiger partial charge is 0.490 e. The first-order chi connectivity index (χ1) is 48.2. The van der Waals surface area contributed by atoms with Crippen LogP contribution < -0.4 is 16.0 Å². The Labute approximate surface area is 565 Å². The van der Waals surface area contributed by atoms with Crippen LogP contribution in [-0.2, 0) is 9.53 Å². The molecular weight excluding hydrogens is 1300 g/mol. The lowest BCUT2D eigenvalue weighted by Gasteiger charge is -2.25. The molecule has 4 aliphatic carbocycles. The Morgan fingerprint density at radius 3 is 1.31 bits per heavy atom. The number of carboxylic acid groups (broad SMARTS) is 1. The monoisotopic (exact) mass is 1370 g/mol. The van der Waals surface area contributed by atoms with Gasteiger partial charge in [-0.15, -0.1) is 11.3 Å². The van der Waals surface area contributed by atoms with Gasteiger partial charge in [0.1, 0.15) is 39.4 Å². The van der Waals surface area contributed by atoms with Gasteiger partial charge >= 0.3 is 12.1 Å². The summed E-state index contributed by atoms with van der Waals surface area (Å²) in [5.41, 5.74) is 7.81. The Morgan fingerprint density at radius 1 is 0.505 bits per heavy atom. The second-order valence-electron chi connectivity index (χ2n) is 24.3. The molecule has 13 heterocycles. The van der Waals surface area contributed by atoms with E-state index in [2.05, 4.69) is 56.4 Å². The van der Waals surface area contributed by atoms with E-state index in [0.717, 1.165) is 65.2 Å². The van der Waals surface area contributed by atoms with Crippen molar-refractivity contribution in [2.24, 2.45) is 0 Å². The van der Waals surface area contributed by atoms with Crippen molar-refractivity contribution < 1.29 is 55.4 Å². The molecule has 5 N–H and O–H groups in total. The van der Waals surface area contributed by atoms with Gasteiger partial charge in [-0.3, -0.25) is 52.9 Å². The highest BCUT2D eigenvalue weighted by molar-refractivity contribution is 7.13. The van der Waals surface area contributed by atoms with Crippen molar-refractivity contribution in [1.82, 2.24) is 74.1 Å². The van der Waals surface area contributed by atoms with Gasteiger partial charge in [-0.05, 0) is 144 Å². The van der Waals surface area contributed by atoms with Crippen LogP contribution in [0.25, 0.3) is 67.4 Å². The lowest BCUT2D eigenvalue weighted by molar-refractivity contribution is -0.192. The highest BCUT2D eigenvalue weighted by Gasteiger charge is 2.38. The van der Waals surface area contributed by atoms with Gasteiger partial charge in [0.15, 0.2) is 17.3 Å². The van der Waals surface area contributed by atoms with E-state index in [9.17, 15) is 27.6 Å². The molecule has 31 heteroatoms. The summed E-state index contributed by atoms with van der Waals surface area (Å²) >= 11 is 1.47. The average Bonchev–Trinajstić information content (AvgIpc) is 1.67. The van der Waals surface area contributed by atoms with Crippen LogP contribution in [0.3, 0.4) is 0 Å². The fourth-order valence-corrected chi connectivity index (χ4v) is 12.0. The number of hydrogen-bond acceptors (Lipinski definition) is 18. The number of carbonyl (C=O) groups is 4. The second-order valence-corrected chi connectivity index (χ2v) is 25.2. The molecule has 1 aliphatic heterocycles. The van der Waals surface area contributed by atoms with Gasteiger partial charge in [-0.25, -0.2) is 9.78 Å². The van der Waals surface area contributed by atoms with Crippen LogP contribution in [0.5, 0.6) is 0 Å². The van der Waals surface area contributed by atoms with E-state index in [4.69, 9.17) is 38.1 Å². The third-order valence-corrected chi connectivity index (χ3v) is 18.5. The number of nitrogens with one attached hydrogen (secondary N) is 4. The molecule has 5 fully saturated rings. The second kappa shape index (κ2) is 28.8. The first-order valence-corrected chi connectivity index (χ1v) is 33.3. The van der Waals surface area contributed by atoms with Crippen molar-refractivity contribution >= 4 is 52.1 Å². The number of anilines is 3. The Kier molecular flexibility index (Phi) is 18.9. The van der Waals surface area contributed by atoms with Gasteiger partial charge in [0.05, 0.1) is 101 Å². The molecular formula is C68H65F3N18O9S. The molecule has 1 atom stereocenters. The predicted octanol–water partition coefficient (Wildman–Crippen LogP) is 14.0. The number of rotatable bonds is 17. The summed E-state index contributed by atoms with van der Waals surface area (Å²) in [5.74, 6) is -1.19. The van der Waals surface area contributed by atoms with E-state index in [-0.39, 0.29) is 41.0 Å². The number of aliphatic carboxylic acids is 1. The number of thiazole rings is 1. The number of ether oxygens (including phenoxy) is 1. The van der Waals surface area contributed by atoms with E-state index in [1.165, 1.54) is 62.7 Å². The van der Waals surface area contributed by atoms with Crippen molar-refractivity contribution in [2.75, 3.05) is 29.2 Å². The van der Waals surface area contributed by atoms with E-state index >= 15 is 0 Å². The number of carbonyl (C=O) groups excluding carboxylic acids is 3. The minimum atomic E-state index is -5.08. The van der Waals surface area contributed by atoms with Crippen molar-refractivity contribution in [1.29, 1.82) is 0 Å². The number of H-pyrrole nitrogens is 1. The molecule has 1 saturated heterocycles. The Balaban J connectivity index is 0.000000121. The summed E-state index contributed by atoms with van der Waals surface area (Å²) in [4.78, 5) is 60.8. The number of nitrogens with zero attached hydrogens (tertiary/aromatic N) is 14. The molecule has 99 heavy (non-hydrogen) atoms. The Morgan fingerprint density at radius 2 is 0.939 bits per heavy atom. The third-order valence-electron chi connectivity index (χ3n) is 17.8. The van der Waals surface area contributed by atoms with Gasteiger partial charge in [-0.1, -0.05) is 12.1 Å². The average molecular weight is 1370 g/mol. The standard InChI is InChI=1S/2C24H24N6O2.C18H16N6O3S.C2HF3O2/c2*31-24(22-11-10-21(32-22)16-13-26-29(14-16)17-5-3-6-17)27-20-15-30(18-7-4-8-18)28-23(20)19-9-1-2-12-25-19;25-17(15-2-1-14(27-15)11-7-20-21-8-11)22-13-9-24(12-3-5-26-10-12)23-16(13)18-19-4-6-28-18;3-2(4,5)1(6)7/h2*1-2,9-15,17-18H,3-8H2,(H,27,31);1-2,4,6-9,12H,3,5,10H2,(H,20,21)(H,22,25);(H,6,7). The Hall–Kier alpha value is -11.3. The molecule has 0 bridgehead atoms. The highest BCUT2D eigenvalue weighted by atomic mass is 32.1. The fraction of sp³-hybridized carbons (Fsp3) is 0.309. The molecule has 5 aliphatic rings. The van der Waals surface area contributed by atoms with Crippen molar-refractivity contribution in [3.8, 4) is 67.4 Å². The fourth-order valence-electron chi connectivity index (χ4n) is 11.3. The molecule has 12 aromatic heterocycles. The summed E-state index contributed by atoms with van der Waals surface area (Å²) in [6, 6.07) is 23.6. The summed E-state index contributed by atoms with van der Waals surface area (Å²) in [6.45, 7) is 1.32. The van der Waals surface area contributed by atoms with Crippen LogP contribution in [0.1, 0.15) is 145 Å². The van der Waals surface area contributed by atoms with E-state index in [1.807, 2.05) is 108 Å². The van der Waals surface area contributed by atoms with E-state index < -0.39 is 12.1 Å². The summed E-state index contributed by atoms with van der Waals surface area (Å²) < 4.78 is 64.3. The summed E-state index contributed by atoms with van der Waals surface area (Å²) in [6.07, 6.45) is 31.5. The summed E-state index contributed by atoms with van der Waals surface area (Å²) in [7, 11) is 0. The Bertz CT molecular complexity index is 4520. The number of furan rings is 3. The molecule has 1 unspecified atom stereocenters. The van der Waals surface area contributed by atoms with E-state index in [0.29, 0.717) is 88.8 Å². The minimum Gasteiger partial charge on any atom is -0.475 e. The zero-order valence-corrected chi connectivity index (χ0v) is 53.8. The minimum absolute atomic E-state index is 0.153. The molecule has 3 amide bonds. The van der Waals surface area contributed by atoms with Gasteiger partial charge in [-0.2, -0.15) is 43.8 Å². The topological polar surface area (TPSA) is 330 Å². The SMILES string of the molecule is O=C(Nc1cn(C2CCC2)nc1-c1ccccn1)c1ccc(-c2cnn(C3CCC3)c2)o1.O=C(Nc1cn(C2CCC2)nc1-c1ccccn1)c1ccc(-c2cnn(C3CCC3)c2)o1.O=C(Nc1cn(C2CCOC2)nc1-c1nccs1)c1ccc(-c2cn[nH]c2)o1.O=C(O)C(F)(F)F. The predicted molar refractivity (Wildman–Crippen MR) is 354 cm³/mol. The van der Waals surface area contributed by atoms with Gasteiger partial charge in [0.25, 0.3) is 17.7 Å². The smallest absolute Gasteiger partial charge is 0.475 e. The van der Waals surface area contributed by atoms with Gasteiger partial charge in [0.2, 0.25) is 0 Å². The number of carboxylic acids is 1. The van der Waals surface area contributed by atoms with Crippen LogP contribution >= 0.6 is 11.3 Å². The van der Waals surface area contributed by atoms with Gasteiger partial charge in [0, 0.05) is 67.8 Å². The number of aromatic amines is 1. The maximum Gasteiger partial charge on any atom is 0.490 e. The van der Waals surface area contributed by atoms with Gasteiger partial charge < -0.3 is 39.0 Å².